The van der Waals surface area contributed by atoms with Crippen molar-refractivity contribution >= 4 is 11.6 Å². The number of para-hydroxylation sites is 1. The molecule has 1 heterocycles. The molecule has 0 aromatic heterocycles. The van der Waals surface area contributed by atoms with Gasteiger partial charge in [0.25, 0.3) is 5.91 Å². The normalized spacial score (nSPS) is 15.8. The molecule has 0 unspecified atom stereocenters. The molecule has 150 valence electrons. The van der Waals surface area contributed by atoms with E-state index in [0.29, 0.717) is 44.3 Å². The van der Waals surface area contributed by atoms with Crippen LogP contribution in [0.4, 0.5) is 14.5 Å². The third-order valence-corrected chi connectivity index (χ3v) is 5.35. The highest BCUT2D eigenvalue weighted by atomic mass is 19.1. The summed E-state index contributed by atoms with van der Waals surface area (Å²) >= 11 is 0. The van der Waals surface area contributed by atoms with E-state index in [2.05, 4.69) is 13.8 Å². The lowest BCUT2D eigenvalue weighted by atomic mass is 9.96. The number of anilines is 1. The number of nitrogens with two attached hydrogens (primary N) is 1. The molecule has 2 N–H and O–H groups in total. The molecule has 2 aromatic rings. The van der Waals surface area contributed by atoms with Crippen molar-refractivity contribution in [1.82, 2.24) is 4.90 Å². The highest BCUT2D eigenvalue weighted by Gasteiger charge is 2.26. The Morgan fingerprint density at radius 2 is 1.64 bits per heavy atom. The fourth-order valence-electron chi connectivity index (χ4n) is 3.74. The molecular formula is C22H28F2N3O+. The zero-order valence-corrected chi connectivity index (χ0v) is 16.4. The van der Waals surface area contributed by atoms with Crippen LogP contribution >= 0.6 is 0 Å². The van der Waals surface area contributed by atoms with Crippen molar-refractivity contribution < 1.29 is 18.9 Å². The van der Waals surface area contributed by atoms with Crippen molar-refractivity contribution in [3.8, 4) is 0 Å². The van der Waals surface area contributed by atoms with Gasteiger partial charge < -0.3 is 15.1 Å². The quantitative estimate of drug-likeness (QED) is 0.826. The van der Waals surface area contributed by atoms with Crippen LogP contribution in [-0.4, -0.2) is 43.5 Å². The van der Waals surface area contributed by atoms with Gasteiger partial charge in [0.15, 0.2) is 6.54 Å². The van der Waals surface area contributed by atoms with Crippen molar-refractivity contribution in [3.63, 3.8) is 0 Å². The van der Waals surface area contributed by atoms with Gasteiger partial charge >= 0.3 is 0 Å². The molecule has 1 saturated heterocycles. The van der Waals surface area contributed by atoms with Gasteiger partial charge in [-0.3, -0.25) is 4.79 Å². The molecule has 1 fully saturated rings. The van der Waals surface area contributed by atoms with Crippen LogP contribution in [0.25, 0.3) is 0 Å². The van der Waals surface area contributed by atoms with Gasteiger partial charge in [0.05, 0.1) is 5.69 Å². The third-order valence-electron chi connectivity index (χ3n) is 5.35. The summed E-state index contributed by atoms with van der Waals surface area (Å²) in [6.45, 7) is 6.97. The Morgan fingerprint density at radius 3 is 2.25 bits per heavy atom. The van der Waals surface area contributed by atoms with Crippen molar-refractivity contribution in [2.24, 2.45) is 5.92 Å². The first kappa shape index (κ1) is 20.3. The maximum absolute atomic E-state index is 14.0. The van der Waals surface area contributed by atoms with E-state index in [1.165, 1.54) is 18.2 Å². The molecule has 0 radical (unpaired) electrons. The number of piperazine rings is 1. The molecule has 0 bridgehead atoms. The lowest BCUT2D eigenvalue weighted by Crippen LogP contribution is -2.88. The fourth-order valence-corrected chi connectivity index (χ4v) is 3.74. The second kappa shape index (κ2) is 9.15. The number of carbonyl (C=O) groups excluding carboxylic acids is 1. The SMILES string of the molecule is CC(C)[C@@H]([NH2+]CC(=O)N1CCN(c2ccccc2F)CC1)c1ccc(F)cc1. The summed E-state index contributed by atoms with van der Waals surface area (Å²) in [5.41, 5.74) is 1.62. The zero-order valence-electron chi connectivity index (χ0n) is 16.4. The monoisotopic (exact) mass is 388 g/mol. The van der Waals surface area contributed by atoms with Gasteiger partial charge in [0.2, 0.25) is 0 Å². The van der Waals surface area contributed by atoms with Crippen LogP contribution < -0.4 is 10.2 Å². The maximum atomic E-state index is 14.0. The summed E-state index contributed by atoms with van der Waals surface area (Å²) in [4.78, 5) is 16.5. The van der Waals surface area contributed by atoms with Gasteiger partial charge in [-0.15, -0.1) is 0 Å². The number of nitrogens with zero attached hydrogens (tertiary/aromatic N) is 2. The van der Waals surface area contributed by atoms with E-state index in [4.69, 9.17) is 0 Å². The molecule has 4 nitrogen and oxygen atoms in total. The number of amides is 1. The average molecular weight is 388 g/mol. The van der Waals surface area contributed by atoms with E-state index in [-0.39, 0.29) is 23.6 Å². The Balaban J connectivity index is 1.53. The Hall–Kier alpha value is -2.47. The first-order valence-electron chi connectivity index (χ1n) is 9.81. The molecule has 1 aliphatic rings. The van der Waals surface area contributed by atoms with Gasteiger partial charge in [0, 0.05) is 37.7 Å². The lowest BCUT2D eigenvalue weighted by Gasteiger charge is -2.36. The van der Waals surface area contributed by atoms with Crippen molar-refractivity contribution in [2.45, 2.75) is 19.9 Å². The van der Waals surface area contributed by atoms with Crippen LogP contribution in [-0.2, 0) is 4.79 Å². The highest BCUT2D eigenvalue weighted by molar-refractivity contribution is 5.77. The minimum Gasteiger partial charge on any atom is -0.366 e. The largest absolute Gasteiger partial charge is 0.366 e. The summed E-state index contributed by atoms with van der Waals surface area (Å²) in [6, 6.07) is 13.3. The van der Waals surface area contributed by atoms with Crippen LogP contribution in [0.3, 0.4) is 0 Å². The van der Waals surface area contributed by atoms with E-state index >= 15 is 0 Å². The highest BCUT2D eigenvalue weighted by Crippen LogP contribution is 2.20. The summed E-state index contributed by atoms with van der Waals surface area (Å²) in [7, 11) is 0. The predicted octanol–water partition coefficient (Wildman–Crippen LogP) is 2.57. The topological polar surface area (TPSA) is 40.2 Å². The van der Waals surface area contributed by atoms with Crippen molar-refractivity contribution in [2.75, 3.05) is 37.6 Å². The smallest absolute Gasteiger partial charge is 0.277 e. The number of hydrogen-bond donors (Lipinski definition) is 1. The summed E-state index contributed by atoms with van der Waals surface area (Å²) in [6.07, 6.45) is 0. The zero-order chi connectivity index (χ0) is 20.1. The van der Waals surface area contributed by atoms with E-state index in [9.17, 15) is 13.6 Å². The number of halogens is 2. The van der Waals surface area contributed by atoms with E-state index < -0.39 is 0 Å². The van der Waals surface area contributed by atoms with E-state index in [1.54, 1.807) is 24.3 Å². The molecule has 6 heteroatoms. The van der Waals surface area contributed by atoms with Crippen molar-refractivity contribution in [1.29, 1.82) is 0 Å². The van der Waals surface area contributed by atoms with Gasteiger partial charge in [-0.25, -0.2) is 8.78 Å². The molecule has 2 aromatic carbocycles. The van der Waals surface area contributed by atoms with Gasteiger partial charge in [-0.2, -0.15) is 0 Å². The molecule has 0 aliphatic carbocycles. The molecule has 1 atom stereocenters. The number of rotatable bonds is 6. The van der Waals surface area contributed by atoms with Gasteiger partial charge in [-0.1, -0.05) is 38.1 Å². The summed E-state index contributed by atoms with van der Waals surface area (Å²) < 4.78 is 27.1. The maximum Gasteiger partial charge on any atom is 0.277 e. The van der Waals surface area contributed by atoms with Crippen LogP contribution in [0.15, 0.2) is 48.5 Å². The first-order chi connectivity index (χ1) is 13.5. The first-order valence-corrected chi connectivity index (χ1v) is 9.81. The second-order valence-corrected chi connectivity index (χ2v) is 7.58. The van der Waals surface area contributed by atoms with Crippen LogP contribution in [0.1, 0.15) is 25.5 Å². The standard InChI is InChI=1S/C22H27F2N3O/c1-16(2)22(17-7-9-18(23)10-8-17)25-15-21(28)27-13-11-26(12-14-27)20-6-4-3-5-19(20)24/h3-10,16,22,25H,11-15H2,1-2H3/p+1/t22-/m1/s1. The summed E-state index contributed by atoms with van der Waals surface area (Å²) in [5, 5.41) is 2.03. The Bertz CT molecular complexity index is 787. The molecule has 0 saturated carbocycles. The number of carbonyl (C=O) groups is 1. The number of hydrogen-bond acceptors (Lipinski definition) is 2. The number of benzene rings is 2. The van der Waals surface area contributed by atoms with E-state index in [1.807, 2.05) is 21.2 Å². The molecular weight excluding hydrogens is 360 g/mol. The second-order valence-electron chi connectivity index (χ2n) is 7.58. The Morgan fingerprint density at radius 1 is 1.00 bits per heavy atom. The fraction of sp³-hybridized carbons (Fsp3) is 0.409. The molecule has 0 spiro atoms. The number of quaternary nitrogens is 1. The van der Waals surface area contributed by atoms with E-state index in [0.717, 1.165) is 5.56 Å². The minimum absolute atomic E-state index is 0.0842. The Kier molecular flexibility index (Phi) is 6.62. The van der Waals surface area contributed by atoms with Crippen molar-refractivity contribution in [3.05, 3.63) is 65.7 Å². The lowest BCUT2D eigenvalue weighted by molar-refractivity contribution is -0.692. The third kappa shape index (κ3) is 4.87. The van der Waals surface area contributed by atoms with Gasteiger partial charge in [-0.05, 0) is 24.3 Å². The average Bonchev–Trinajstić information content (AvgIpc) is 2.69. The van der Waals surface area contributed by atoms with Crippen LogP contribution in [0.5, 0.6) is 0 Å². The molecule has 28 heavy (non-hydrogen) atoms. The van der Waals surface area contributed by atoms with Crippen LogP contribution in [0, 0.1) is 17.6 Å². The van der Waals surface area contributed by atoms with Crippen LogP contribution in [0.2, 0.25) is 0 Å². The Labute approximate surface area is 165 Å². The minimum atomic E-state index is -0.255. The summed E-state index contributed by atoms with van der Waals surface area (Å²) in [5.74, 6) is -0.0816. The molecule has 1 amide bonds. The molecule has 1 aliphatic heterocycles. The predicted molar refractivity (Wildman–Crippen MR) is 106 cm³/mol. The molecule has 3 rings (SSSR count). The van der Waals surface area contributed by atoms with Gasteiger partial charge in [0.1, 0.15) is 17.7 Å².